The number of hydrogen-bond acceptors (Lipinski definition) is 5. The van der Waals surface area contributed by atoms with E-state index in [1.165, 1.54) is 0 Å². The van der Waals surface area contributed by atoms with Crippen molar-refractivity contribution in [2.24, 2.45) is 23.5 Å². The second-order valence-corrected chi connectivity index (χ2v) is 6.74. The number of carbonyl (C=O) groups excluding carboxylic acids is 3. The molecule has 2 aliphatic rings. The molecule has 148 valence electrons. The summed E-state index contributed by atoms with van der Waals surface area (Å²) in [5, 5.41) is 0. The van der Waals surface area contributed by atoms with Gasteiger partial charge < -0.3 is 10.5 Å². The van der Waals surface area contributed by atoms with E-state index >= 15 is 0 Å². The zero-order valence-electron chi connectivity index (χ0n) is 15.0. The fraction of sp³-hybridized carbons (Fsp3) is 0.526. The van der Waals surface area contributed by atoms with Gasteiger partial charge in [-0.2, -0.15) is 13.2 Å². The average Bonchev–Trinajstić information content (AvgIpc) is 3.04. The lowest BCUT2D eigenvalue weighted by molar-refractivity contribution is -0.144. The molecule has 2 bridgehead atoms. The van der Waals surface area contributed by atoms with E-state index in [4.69, 9.17) is 10.5 Å². The lowest BCUT2D eigenvalue weighted by Crippen LogP contribution is -2.42. The number of ether oxygens (including phenoxy) is 1. The summed E-state index contributed by atoms with van der Waals surface area (Å²) in [5.74, 6) is -4.03. The third-order valence-electron chi connectivity index (χ3n) is 4.96. The molecule has 0 aromatic rings. The molecule has 8 heteroatoms. The minimum Gasteiger partial charge on any atom is -0.400 e. The molecule has 0 amide bonds. The van der Waals surface area contributed by atoms with Crippen LogP contribution in [0.5, 0.6) is 0 Å². The van der Waals surface area contributed by atoms with Crippen LogP contribution in [0.1, 0.15) is 26.2 Å². The van der Waals surface area contributed by atoms with Gasteiger partial charge in [0.15, 0.2) is 17.3 Å². The van der Waals surface area contributed by atoms with E-state index in [9.17, 15) is 27.6 Å². The summed E-state index contributed by atoms with van der Waals surface area (Å²) in [4.78, 5) is 37.9. The Balaban J connectivity index is 2.36. The van der Waals surface area contributed by atoms with E-state index in [-0.39, 0.29) is 36.3 Å². The smallest absolute Gasteiger partial charge is 0.400 e. The summed E-state index contributed by atoms with van der Waals surface area (Å²) in [6.45, 7) is 4.65. The maximum Gasteiger partial charge on any atom is 0.415 e. The van der Waals surface area contributed by atoms with Gasteiger partial charge in [-0.3, -0.25) is 14.4 Å². The van der Waals surface area contributed by atoms with E-state index in [2.05, 4.69) is 6.58 Å². The monoisotopic (exact) mass is 385 g/mol. The molecule has 5 nitrogen and oxygen atoms in total. The minimum atomic E-state index is -4.67. The predicted molar refractivity (Wildman–Crippen MR) is 91.4 cm³/mol. The molecular weight excluding hydrogens is 363 g/mol. The Bertz CT molecular complexity index is 699. The lowest BCUT2D eigenvalue weighted by Gasteiger charge is -2.25. The van der Waals surface area contributed by atoms with Crippen LogP contribution in [0.15, 0.2) is 35.6 Å². The molecule has 0 radical (unpaired) electrons. The van der Waals surface area contributed by atoms with Crippen LogP contribution in [0.3, 0.4) is 0 Å². The third kappa shape index (κ3) is 4.55. The molecule has 2 saturated carbocycles. The van der Waals surface area contributed by atoms with E-state index in [0.717, 1.165) is 6.08 Å². The highest BCUT2D eigenvalue weighted by atomic mass is 19.4. The van der Waals surface area contributed by atoms with Crippen LogP contribution < -0.4 is 5.73 Å². The molecule has 2 N–H and O–H groups in total. The van der Waals surface area contributed by atoms with Gasteiger partial charge in [0.2, 0.25) is 0 Å². The fourth-order valence-electron chi connectivity index (χ4n) is 3.44. The van der Waals surface area contributed by atoms with E-state index < -0.39 is 35.0 Å². The van der Waals surface area contributed by atoms with Gasteiger partial charge in [0.1, 0.15) is 5.92 Å². The first-order valence-corrected chi connectivity index (χ1v) is 8.70. The van der Waals surface area contributed by atoms with Crippen molar-refractivity contribution >= 4 is 17.3 Å². The Hall–Kier alpha value is -2.22. The normalized spacial score (nSPS) is 26.4. The number of ketones is 3. The maximum absolute atomic E-state index is 12.9. The standard InChI is InChI=1S/C19H22F3NO4/c1-3-27-9-14(23)13(7-4-10(2)19(20,21)22)18(26)15-16(24)11-5-6-12(8-11)17(15)25/h4,7,11-12,15H,2-3,5-6,8-9,23H2,1H3/b7-4-,14-13+. The minimum absolute atomic E-state index is 0.133. The van der Waals surface area contributed by atoms with Crippen molar-refractivity contribution in [2.45, 2.75) is 32.4 Å². The summed E-state index contributed by atoms with van der Waals surface area (Å²) in [7, 11) is 0. The maximum atomic E-state index is 12.9. The van der Waals surface area contributed by atoms with E-state index in [1.807, 2.05) is 0 Å². The zero-order valence-corrected chi connectivity index (χ0v) is 15.0. The molecule has 2 rings (SSSR count). The SMILES string of the molecule is C=C(/C=C\C(C(=O)C1C(=O)C2CCC(C2)C1=O)=C(/N)COCC)C(F)(F)F. The molecule has 0 spiro atoms. The Morgan fingerprint density at radius 2 is 1.78 bits per heavy atom. The van der Waals surface area contributed by atoms with Crippen molar-refractivity contribution in [3.63, 3.8) is 0 Å². The van der Waals surface area contributed by atoms with E-state index in [0.29, 0.717) is 25.3 Å². The number of rotatable bonds is 7. The highest BCUT2D eigenvalue weighted by Gasteiger charge is 2.50. The number of allylic oxidation sites excluding steroid dienone is 4. The van der Waals surface area contributed by atoms with E-state index in [1.54, 1.807) is 6.92 Å². The molecule has 2 atom stereocenters. The topological polar surface area (TPSA) is 86.5 Å². The zero-order chi connectivity index (χ0) is 20.4. The lowest BCUT2D eigenvalue weighted by atomic mass is 9.75. The quantitative estimate of drug-likeness (QED) is 0.414. The molecule has 2 fully saturated rings. The predicted octanol–water partition coefficient (Wildman–Crippen LogP) is 2.66. The third-order valence-corrected chi connectivity index (χ3v) is 4.96. The van der Waals surface area contributed by atoms with Crippen LogP contribution in [0.4, 0.5) is 13.2 Å². The van der Waals surface area contributed by atoms with Crippen LogP contribution in [-0.2, 0) is 19.1 Å². The number of Topliss-reactive ketones (excluding diaryl/α,β-unsaturated/α-hetero) is 3. The molecule has 0 aromatic carbocycles. The molecule has 0 saturated heterocycles. The van der Waals surface area contributed by atoms with Crippen molar-refractivity contribution in [3.8, 4) is 0 Å². The summed E-state index contributed by atoms with van der Waals surface area (Å²) in [6, 6.07) is 0. The van der Waals surface area contributed by atoms with Crippen molar-refractivity contribution in [1.29, 1.82) is 0 Å². The molecule has 0 heterocycles. The first-order chi connectivity index (χ1) is 12.6. The van der Waals surface area contributed by atoms with Crippen molar-refractivity contribution in [3.05, 3.63) is 35.6 Å². The number of alkyl halides is 3. The van der Waals surface area contributed by atoms with Gasteiger partial charge in [-0.15, -0.1) is 0 Å². The number of halogens is 3. The van der Waals surface area contributed by atoms with Crippen LogP contribution in [-0.4, -0.2) is 36.7 Å². The highest BCUT2D eigenvalue weighted by molar-refractivity contribution is 6.27. The summed E-state index contributed by atoms with van der Waals surface area (Å²) < 4.78 is 43.1. The Morgan fingerprint density at radius 3 is 2.26 bits per heavy atom. The molecule has 0 aliphatic heterocycles. The summed E-state index contributed by atoms with van der Waals surface area (Å²) >= 11 is 0. The second-order valence-electron chi connectivity index (χ2n) is 6.74. The summed E-state index contributed by atoms with van der Waals surface area (Å²) in [6.07, 6.45) is -1.66. The van der Waals surface area contributed by atoms with Crippen LogP contribution in [0.2, 0.25) is 0 Å². The Labute approximate surface area is 155 Å². The molecular formula is C19H22F3NO4. The summed E-state index contributed by atoms with van der Waals surface area (Å²) in [5.41, 5.74) is 4.20. The van der Waals surface area contributed by atoms with Gasteiger partial charge in [0.05, 0.1) is 6.61 Å². The first-order valence-electron chi connectivity index (χ1n) is 8.70. The Kier molecular flexibility index (Phi) is 6.41. The number of hydrogen-bond donors (Lipinski definition) is 1. The number of carbonyl (C=O) groups is 3. The number of nitrogens with two attached hydrogens (primary N) is 1. The Morgan fingerprint density at radius 1 is 1.22 bits per heavy atom. The average molecular weight is 385 g/mol. The van der Waals surface area contributed by atoms with Crippen molar-refractivity contribution in [1.82, 2.24) is 0 Å². The largest absolute Gasteiger partial charge is 0.415 e. The molecule has 2 unspecified atom stereocenters. The molecule has 27 heavy (non-hydrogen) atoms. The number of fused-ring (bicyclic) bond motifs is 2. The second kappa shape index (κ2) is 8.21. The first kappa shape index (κ1) is 21.1. The van der Waals surface area contributed by atoms with Gasteiger partial charge in [-0.1, -0.05) is 6.58 Å². The fourth-order valence-corrected chi connectivity index (χ4v) is 3.44. The van der Waals surface area contributed by atoms with Crippen molar-refractivity contribution < 1.29 is 32.3 Å². The van der Waals surface area contributed by atoms with Gasteiger partial charge in [-0.25, -0.2) is 0 Å². The van der Waals surface area contributed by atoms with Crippen LogP contribution in [0, 0.1) is 17.8 Å². The highest BCUT2D eigenvalue weighted by Crippen LogP contribution is 2.41. The van der Waals surface area contributed by atoms with Gasteiger partial charge in [0.25, 0.3) is 0 Å². The van der Waals surface area contributed by atoms with Gasteiger partial charge in [-0.05, 0) is 38.3 Å². The molecule has 0 aromatic heterocycles. The van der Waals surface area contributed by atoms with Crippen LogP contribution in [0.25, 0.3) is 0 Å². The van der Waals surface area contributed by atoms with Gasteiger partial charge in [0, 0.05) is 35.3 Å². The van der Waals surface area contributed by atoms with Gasteiger partial charge >= 0.3 is 6.18 Å². The van der Waals surface area contributed by atoms with Crippen LogP contribution >= 0.6 is 0 Å². The molecule has 2 aliphatic carbocycles. The van der Waals surface area contributed by atoms with Crippen molar-refractivity contribution in [2.75, 3.05) is 13.2 Å².